The summed E-state index contributed by atoms with van der Waals surface area (Å²) in [5, 5.41) is 8.97. The van der Waals surface area contributed by atoms with Gasteiger partial charge in [0.1, 0.15) is 5.82 Å². The third kappa shape index (κ3) is 4.09. The van der Waals surface area contributed by atoms with Gasteiger partial charge >= 0.3 is 0 Å². The van der Waals surface area contributed by atoms with E-state index in [0.717, 1.165) is 22.6 Å². The number of hydrogen-bond donors (Lipinski definition) is 1. The molecule has 2 aromatic carbocycles. The average Bonchev–Trinajstić information content (AvgIpc) is 2.98. The molecule has 25 heavy (non-hydrogen) atoms. The van der Waals surface area contributed by atoms with E-state index >= 15 is 0 Å². The van der Waals surface area contributed by atoms with Crippen LogP contribution in [0.25, 0.3) is 5.69 Å². The van der Waals surface area contributed by atoms with Crippen LogP contribution in [-0.4, -0.2) is 25.9 Å². The molecule has 0 radical (unpaired) electrons. The highest BCUT2D eigenvalue weighted by Crippen LogP contribution is 2.27. The number of thioether (sulfide) groups is 1. The van der Waals surface area contributed by atoms with E-state index in [1.165, 1.54) is 11.8 Å². The van der Waals surface area contributed by atoms with Gasteiger partial charge in [0.25, 0.3) is 0 Å². The average molecular weight is 352 g/mol. The molecular formula is C19H20N4OS. The number of primary amides is 1. The van der Waals surface area contributed by atoms with Crippen LogP contribution < -0.4 is 5.73 Å². The molecule has 0 fully saturated rings. The molecule has 0 bridgehead atoms. The van der Waals surface area contributed by atoms with Crippen LogP contribution in [0.4, 0.5) is 0 Å². The van der Waals surface area contributed by atoms with Gasteiger partial charge in [0.2, 0.25) is 5.91 Å². The summed E-state index contributed by atoms with van der Waals surface area (Å²) in [4.78, 5) is 11.4. The van der Waals surface area contributed by atoms with Gasteiger partial charge in [-0.05, 0) is 37.1 Å². The number of aromatic nitrogens is 3. The van der Waals surface area contributed by atoms with Gasteiger partial charge in [-0.15, -0.1) is 10.2 Å². The lowest BCUT2D eigenvalue weighted by atomic mass is 10.1. The van der Waals surface area contributed by atoms with E-state index in [1.807, 2.05) is 47.9 Å². The Hall–Kier alpha value is -2.60. The third-order valence-corrected chi connectivity index (χ3v) is 4.91. The number of carbonyl (C=O) groups excluding carboxylic acids is 1. The number of rotatable bonds is 6. The van der Waals surface area contributed by atoms with E-state index in [0.29, 0.717) is 11.6 Å². The van der Waals surface area contributed by atoms with Crippen molar-refractivity contribution < 1.29 is 4.79 Å². The first-order valence-corrected chi connectivity index (χ1v) is 8.94. The van der Waals surface area contributed by atoms with Crippen LogP contribution in [0.5, 0.6) is 0 Å². The standard InChI is InChI=1S/C19H20N4OS/c1-13-7-6-10-16(11-13)23-17(12-15-8-4-3-5-9-15)21-22-19(23)25-14(2)18(20)24/h3-11,14H,12H2,1-2H3,(H2,20,24)/t14-/m1/s1. The minimum absolute atomic E-state index is 0.367. The first-order valence-electron chi connectivity index (χ1n) is 8.06. The lowest BCUT2D eigenvalue weighted by molar-refractivity contribution is -0.117. The molecule has 6 heteroatoms. The highest BCUT2D eigenvalue weighted by atomic mass is 32.2. The molecule has 0 unspecified atom stereocenters. The normalized spacial score (nSPS) is 12.1. The van der Waals surface area contributed by atoms with E-state index in [-0.39, 0.29) is 11.2 Å². The van der Waals surface area contributed by atoms with Crippen LogP contribution in [0.15, 0.2) is 59.8 Å². The molecule has 128 valence electrons. The molecule has 0 aliphatic heterocycles. The van der Waals surface area contributed by atoms with Crippen LogP contribution in [0.2, 0.25) is 0 Å². The Bertz CT molecular complexity index is 876. The second-order valence-electron chi connectivity index (χ2n) is 5.90. The summed E-state index contributed by atoms with van der Waals surface area (Å²) in [5.41, 5.74) is 8.70. The van der Waals surface area contributed by atoms with Crippen molar-refractivity contribution >= 4 is 17.7 Å². The van der Waals surface area contributed by atoms with Gasteiger partial charge in [-0.2, -0.15) is 0 Å². The molecule has 3 aromatic rings. The summed E-state index contributed by atoms with van der Waals surface area (Å²) in [5.74, 6) is 0.462. The number of nitrogens with zero attached hydrogens (tertiary/aromatic N) is 3. The van der Waals surface area contributed by atoms with Gasteiger partial charge in [0.15, 0.2) is 5.16 Å². The Balaban J connectivity index is 2.03. The third-order valence-electron chi connectivity index (χ3n) is 3.85. The number of hydrogen-bond acceptors (Lipinski definition) is 4. The fraction of sp³-hybridized carbons (Fsp3) is 0.211. The molecule has 3 rings (SSSR count). The van der Waals surface area contributed by atoms with Gasteiger partial charge in [-0.25, -0.2) is 0 Å². The molecule has 1 aromatic heterocycles. The zero-order chi connectivity index (χ0) is 17.8. The SMILES string of the molecule is Cc1cccc(-n2c(Cc3ccccc3)nnc2S[C@H](C)C(N)=O)c1. The first kappa shape index (κ1) is 17.2. The molecule has 0 saturated carbocycles. The van der Waals surface area contributed by atoms with Gasteiger partial charge in [0.05, 0.1) is 5.25 Å². The predicted octanol–water partition coefficient (Wildman–Crippen LogP) is 3.13. The van der Waals surface area contributed by atoms with Crippen molar-refractivity contribution in [3.8, 4) is 5.69 Å². The number of aryl methyl sites for hydroxylation is 1. The summed E-state index contributed by atoms with van der Waals surface area (Å²) in [7, 11) is 0. The van der Waals surface area contributed by atoms with Crippen molar-refractivity contribution in [3.63, 3.8) is 0 Å². The lowest BCUT2D eigenvalue weighted by Gasteiger charge is -2.12. The smallest absolute Gasteiger partial charge is 0.230 e. The highest BCUT2D eigenvalue weighted by Gasteiger charge is 2.19. The minimum Gasteiger partial charge on any atom is -0.369 e. The van der Waals surface area contributed by atoms with Crippen molar-refractivity contribution in [3.05, 3.63) is 71.5 Å². The molecule has 0 saturated heterocycles. The lowest BCUT2D eigenvalue weighted by Crippen LogP contribution is -2.23. The monoisotopic (exact) mass is 352 g/mol. The minimum atomic E-state index is -0.377. The Morgan fingerprint density at radius 3 is 2.60 bits per heavy atom. The number of nitrogens with two attached hydrogens (primary N) is 1. The van der Waals surface area contributed by atoms with E-state index in [4.69, 9.17) is 5.73 Å². The fourth-order valence-corrected chi connectivity index (χ4v) is 3.35. The van der Waals surface area contributed by atoms with E-state index in [2.05, 4.69) is 28.4 Å². The quantitative estimate of drug-likeness (QED) is 0.692. The molecule has 2 N–H and O–H groups in total. The van der Waals surface area contributed by atoms with Crippen molar-refractivity contribution in [1.82, 2.24) is 14.8 Å². The summed E-state index contributed by atoms with van der Waals surface area (Å²) >= 11 is 1.33. The zero-order valence-electron chi connectivity index (χ0n) is 14.2. The van der Waals surface area contributed by atoms with E-state index in [9.17, 15) is 4.79 Å². The molecule has 0 aliphatic rings. The summed E-state index contributed by atoms with van der Waals surface area (Å²) in [6, 6.07) is 18.3. The zero-order valence-corrected chi connectivity index (χ0v) is 15.0. The molecule has 1 heterocycles. The van der Waals surface area contributed by atoms with Crippen LogP contribution in [0.1, 0.15) is 23.9 Å². The molecule has 1 amide bonds. The summed E-state index contributed by atoms with van der Waals surface area (Å²) in [6.07, 6.45) is 0.660. The molecular weight excluding hydrogens is 332 g/mol. The van der Waals surface area contributed by atoms with Gasteiger partial charge in [0, 0.05) is 12.1 Å². The molecule has 5 nitrogen and oxygen atoms in total. The van der Waals surface area contributed by atoms with Crippen molar-refractivity contribution in [2.45, 2.75) is 30.7 Å². The van der Waals surface area contributed by atoms with E-state index < -0.39 is 0 Å². The fourth-order valence-electron chi connectivity index (χ4n) is 2.51. The Kier molecular flexibility index (Phi) is 5.19. The highest BCUT2D eigenvalue weighted by molar-refractivity contribution is 8.00. The first-order chi connectivity index (χ1) is 12.0. The topological polar surface area (TPSA) is 73.8 Å². The van der Waals surface area contributed by atoms with Crippen LogP contribution >= 0.6 is 11.8 Å². The Morgan fingerprint density at radius 1 is 1.16 bits per heavy atom. The molecule has 1 atom stereocenters. The second-order valence-corrected chi connectivity index (χ2v) is 7.21. The predicted molar refractivity (Wildman–Crippen MR) is 99.9 cm³/mol. The maximum atomic E-state index is 11.4. The van der Waals surface area contributed by atoms with Crippen molar-refractivity contribution in [2.24, 2.45) is 5.73 Å². The molecule has 0 aliphatic carbocycles. The van der Waals surface area contributed by atoms with Gasteiger partial charge in [-0.3, -0.25) is 9.36 Å². The molecule has 0 spiro atoms. The van der Waals surface area contributed by atoms with Crippen LogP contribution in [0, 0.1) is 6.92 Å². The maximum absolute atomic E-state index is 11.4. The summed E-state index contributed by atoms with van der Waals surface area (Å²) in [6.45, 7) is 3.82. The van der Waals surface area contributed by atoms with Crippen LogP contribution in [0.3, 0.4) is 0 Å². The van der Waals surface area contributed by atoms with Crippen LogP contribution in [-0.2, 0) is 11.2 Å². The largest absolute Gasteiger partial charge is 0.369 e. The number of carbonyl (C=O) groups is 1. The maximum Gasteiger partial charge on any atom is 0.230 e. The van der Waals surface area contributed by atoms with Crippen molar-refractivity contribution in [1.29, 1.82) is 0 Å². The van der Waals surface area contributed by atoms with Gasteiger partial charge in [-0.1, -0.05) is 54.2 Å². The Labute approximate surface area is 151 Å². The number of amides is 1. The van der Waals surface area contributed by atoms with Gasteiger partial charge < -0.3 is 5.73 Å². The van der Waals surface area contributed by atoms with E-state index in [1.54, 1.807) is 6.92 Å². The second kappa shape index (κ2) is 7.53. The van der Waals surface area contributed by atoms with Crippen molar-refractivity contribution in [2.75, 3.05) is 0 Å². The summed E-state index contributed by atoms with van der Waals surface area (Å²) < 4.78 is 2.00. The number of benzene rings is 2. The Morgan fingerprint density at radius 2 is 1.92 bits per heavy atom.